The molecule has 4 rings (SSSR count). The van der Waals surface area contributed by atoms with E-state index in [9.17, 15) is 17.6 Å². The summed E-state index contributed by atoms with van der Waals surface area (Å²) in [5.41, 5.74) is 0.879. The first kappa shape index (κ1) is 25.9. The molecular formula is C25H24ClFN2O6S. The van der Waals surface area contributed by atoms with Gasteiger partial charge in [0.25, 0.3) is 5.91 Å². The van der Waals surface area contributed by atoms with Crippen LogP contribution in [0, 0.1) is 12.7 Å². The lowest BCUT2D eigenvalue weighted by molar-refractivity contribution is -0.118. The third-order valence-electron chi connectivity index (χ3n) is 5.37. The number of nitrogens with zero attached hydrogens (tertiary/aromatic N) is 1. The van der Waals surface area contributed by atoms with Crippen molar-refractivity contribution in [3.05, 3.63) is 77.1 Å². The second-order valence-corrected chi connectivity index (χ2v) is 10.4. The highest BCUT2D eigenvalue weighted by Crippen LogP contribution is 2.33. The lowest BCUT2D eigenvalue weighted by Crippen LogP contribution is -2.40. The molecular weight excluding hydrogens is 511 g/mol. The molecule has 0 bridgehead atoms. The lowest BCUT2D eigenvalue weighted by atomic mass is 10.2. The van der Waals surface area contributed by atoms with Crippen molar-refractivity contribution in [3.8, 4) is 17.2 Å². The number of sulfonamides is 1. The van der Waals surface area contributed by atoms with E-state index in [4.69, 9.17) is 25.8 Å². The molecule has 190 valence electrons. The van der Waals surface area contributed by atoms with Crippen LogP contribution in [0.1, 0.15) is 5.56 Å². The van der Waals surface area contributed by atoms with E-state index in [0.29, 0.717) is 29.7 Å². The summed E-state index contributed by atoms with van der Waals surface area (Å²) in [5, 5.41) is 3.21. The van der Waals surface area contributed by atoms with Gasteiger partial charge in [-0.15, -0.1) is 0 Å². The first-order valence-electron chi connectivity index (χ1n) is 11.1. The normalized spacial score (nSPS) is 14.3. The standard InChI is InChI=1S/C25H24ClFN2O6S/c1-17-14-18(26)2-8-23(17)34-16-25(30)28-22-15-21(36(31,32)29-10-12-33-13-11-29)7-9-24(22)35-20-5-3-19(27)4-6-20/h2-9,14-15H,10-13,16H2,1H3,(H,28,30). The molecule has 0 aromatic heterocycles. The minimum absolute atomic E-state index is 0.0133. The molecule has 3 aromatic carbocycles. The quantitative estimate of drug-likeness (QED) is 0.453. The fraction of sp³-hybridized carbons (Fsp3) is 0.240. The van der Waals surface area contributed by atoms with Gasteiger partial charge < -0.3 is 19.5 Å². The van der Waals surface area contributed by atoms with Crippen molar-refractivity contribution in [2.45, 2.75) is 11.8 Å². The van der Waals surface area contributed by atoms with E-state index in [2.05, 4.69) is 5.32 Å². The molecule has 0 spiro atoms. The second-order valence-electron chi connectivity index (χ2n) is 7.98. The summed E-state index contributed by atoms with van der Waals surface area (Å²) in [6.07, 6.45) is 0. The summed E-state index contributed by atoms with van der Waals surface area (Å²) in [6.45, 7) is 2.52. The van der Waals surface area contributed by atoms with Crippen LogP contribution in [-0.4, -0.2) is 51.5 Å². The number of nitrogens with one attached hydrogen (secondary N) is 1. The third-order valence-corrected chi connectivity index (χ3v) is 7.50. The van der Waals surface area contributed by atoms with Gasteiger partial charge in [-0.3, -0.25) is 4.79 Å². The van der Waals surface area contributed by atoms with Crippen molar-refractivity contribution in [2.24, 2.45) is 0 Å². The van der Waals surface area contributed by atoms with Crippen LogP contribution in [0.5, 0.6) is 17.2 Å². The van der Waals surface area contributed by atoms with E-state index in [0.717, 1.165) is 5.56 Å². The third kappa shape index (κ3) is 6.33. The molecule has 3 aromatic rings. The predicted molar refractivity (Wildman–Crippen MR) is 133 cm³/mol. The molecule has 0 unspecified atom stereocenters. The Morgan fingerprint density at radius 1 is 1.06 bits per heavy atom. The predicted octanol–water partition coefficient (Wildman–Crippen LogP) is 4.62. The molecule has 1 aliphatic heterocycles. The molecule has 1 amide bonds. The van der Waals surface area contributed by atoms with Gasteiger partial charge in [0.05, 0.1) is 23.8 Å². The number of hydrogen-bond donors (Lipinski definition) is 1. The summed E-state index contributed by atoms with van der Waals surface area (Å²) < 4.78 is 57.6. The van der Waals surface area contributed by atoms with Crippen LogP contribution in [0.3, 0.4) is 0 Å². The Hall–Kier alpha value is -3.18. The Kier molecular flexibility index (Phi) is 8.10. The highest BCUT2D eigenvalue weighted by Gasteiger charge is 2.27. The molecule has 11 heteroatoms. The van der Waals surface area contributed by atoms with Crippen LogP contribution in [0.15, 0.2) is 65.6 Å². The van der Waals surface area contributed by atoms with Gasteiger partial charge in [0, 0.05) is 18.1 Å². The molecule has 8 nitrogen and oxygen atoms in total. The summed E-state index contributed by atoms with van der Waals surface area (Å²) in [4.78, 5) is 12.7. The molecule has 0 aliphatic carbocycles. The number of aryl methyl sites for hydroxylation is 1. The zero-order valence-corrected chi connectivity index (χ0v) is 20.9. The summed E-state index contributed by atoms with van der Waals surface area (Å²) >= 11 is 5.96. The van der Waals surface area contributed by atoms with Gasteiger partial charge in [-0.2, -0.15) is 4.31 Å². The van der Waals surface area contributed by atoms with Crippen molar-refractivity contribution in [2.75, 3.05) is 38.2 Å². The first-order chi connectivity index (χ1) is 17.2. The zero-order valence-electron chi connectivity index (χ0n) is 19.4. The van der Waals surface area contributed by atoms with Crippen LogP contribution in [0.25, 0.3) is 0 Å². The maximum absolute atomic E-state index is 13.3. The van der Waals surface area contributed by atoms with Gasteiger partial charge in [0.1, 0.15) is 17.3 Å². The summed E-state index contributed by atoms with van der Waals surface area (Å²) in [6, 6.07) is 14.5. The Labute approximate surface area is 213 Å². The van der Waals surface area contributed by atoms with Crippen molar-refractivity contribution >= 4 is 33.2 Å². The van der Waals surface area contributed by atoms with E-state index in [1.165, 1.54) is 46.8 Å². The fourth-order valence-electron chi connectivity index (χ4n) is 3.53. The first-order valence-corrected chi connectivity index (χ1v) is 12.9. The fourth-order valence-corrected chi connectivity index (χ4v) is 5.19. The minimum atomic E-state index is -3.83. The highest BCUT2D eigenvalue weighted by molar-refractivity contribution is 7.89. The number of rotatable bonds is 8. The maximum atomic E-state index is 13.3. The second kappa shape index (κ2) is 11.3. The van der Waals surface area contributed by atoms with Crippen molar-refractivity contribution in [1.29, 1.82) is 0 Å². The van der Waals surface area contributed by atoms with Crippen molar-refractivity contribution in [1.82, 2.24) is 4.31 Å². The molecule has 1 N–H and O–H groups in total. The van der Waals surface area contributed by atoms with Gasteiger partial charge in [-0.05, 0) is 73.2 Å². The molecule has 0 saturated carbocycles. The number of anilines is 1. The maximum Gasteiger partial charge on any atom is 0.262 e. The number of hydrogen-bond acceptors (Lipinski definition) is 6. The Morgan fingerprint density at radius 3 is 2.44 bits per heavy atom. The topological polar surface area (TPSA) is 94.2 Å². The van der Waals surface area contributed by atoms with E-state index in [1.807, 2.05) is 0 Å². The Bertz CT molecular complexity index is 1350. The van der Waals surface area contributed by atoms with Crippen LogP contribution < -0.4 is 14.8 Å². The van der Waals surface area contributed by atoms with E-state index in [1.54, 1.807) is 25.1 Å². The highest BCUT2D eigenvalue weighted by atomic mass is 35.5. The van der Waals surface area contributed by atoms with Crippen LogP contribution in [0.4, 0.5) is 10.1 Å². The van der Waals surface area contributed by atoms with Crippen LogP contribution in [0.2, 0.25) is 5.02 Å². The SMILES string of the molecule is Cc1cc(Cl)ccc1OCC(=O)Nc1cc(S(=O)(=O)N2CCOCC2)ccc1Oc1ccc(F)cc1. The Balaban J connectivity index is 1.58. The largest absolute Gasteiger partial charge is 0.483 e. The average molecular weight is 535 g/mol. The van der Waals surface area contributed by atoms with E-state index in [-0.39, 0.29) is 36.0 Å². The molecule has 1 heterocycles. The average Bonchev–Trinajstić information content (AvgIpc) is 2.86. The van der Waals surface area contributed by atoms with Crippen molar-refractivity contribution < 1.29 is 31.8 Å². The number of carbonyl (C=O) groups is 1. The molecule has 0 atom stereocenters. The molecule has 36 heavy (non-hydrogen) atoms. The molecule has 0 radical (unpaired) electrons. The van der Waals surface area contributed by atoms with Crippen molar-refractivity contribution in [3.63, 3.8) is 0 Å². The van der Waals surface area contributed by atoms with Gasteiger partial charge in [0.2, 0.25) is 10.0 Å². The van der Waals surface area contributed by atoms with Gasteiger partial charge in [-0.1, -0.05) is 11.6 Å². The number of halogens is 2. The Morgan fingerprint density at radius 2 is 1.75 bits per heavy atom. The monoisotopic (exact) mass is 534 g/mol. The number of amides is 1. The number of benzene rings is 3. The summed E-state index contributed by atoms with van der Waals surface area (Å²) in [7, 11) is -3.83. The molecule has 1 aliphatic rings. The molecule has 1 fully saturated rings. The van der Waals surface area contributed by atoms with Gasteiger partial charge in [0.15, 0.2) is 12.4 Å². The van der Waals surface area contributed by atoms with Gasteiger partial charge >= 0.3 is 0 Å². The van der Waals surface area contributed by atoms with Crippen LogP contribution in [-0.2, 0) is 19.6 Å². The number of carbonyl (C=O) groups excluding carboxylic acids is 1. The van der Waals surface area contributed by atoms with E-state index >= 15 is 0 Å². The number of ether oxygens (including phenoxy) is 3. The lowest BCUT2D eigenvalue weighted by Gasteiger charge is -2.26. The minimum Gasteiger partial charge on any atom is -0.483 e. The molecule has 1 saturated heterocycles. The number of morpholine rings is 1. The smallest absolute Gasteiger partial charge is 0.262 e. The van der Waals surface area contributed by atoms with E-state index < -0.39 is 21.7 Å². The zero-order chi connectivity index (χ0) is 25.7. The summed E-state index contributed by atoms with van der Waals surface area (Å²) in [5.74, 6) is 0.00922. The van der Waals surface area contributed by atoms with Crippen LogP contribution >= 0.6 is 11.6 Å². The van der Waals surface area contributed by atoms with Gasteiger partial charge in [-0.25, -0.2) is 12.8 Å².